The molecule has 0 aliphatic heterocycles. The van der Waals surface area contributed by atoms with Crippen LogP contribution in [-0.4, -0.2) is 46.7 Å². The Bertz CT molecular complexity index is 1060. The van der Waals surface area contributed by atoms with E-state index in [2.05, 4.69) is 30.2 Å². The number of alkyl carbamates (subject to hydrolysis) is 1. The van der Waals surface area contributed by atoms with E-state index >= 15 is 0 Å². The Hall–Kier alpha value is -3.00. The number of hydrogen-bond donors (Lipinski definition) is 3. The van der Waals surface area contributed by atoms with Crippen molar-refractivity contribution in [2.45, 2.75) is 91.0 Å². The third-order valence-corrected chi connectivity index (χ3v) is 6.68. The lowest BCUT2D eigenvalue weighted by molar-refractivity contribution is -0.142. The lowest BCUT2D eigenvalue weighted by Crippen LogP contribution is -2.54. The highest BCUT2D eigenvalue weighted by Gasteiger charge is 2.36. The first-order valence-corrected chi connectivity index (χ1v) is 14.5. The van der Waals surface area contributed by atoms with Crippen LogP contribution < -0.4 is 10.6 Å². The molecule has 0 heterocycles. The molecule has 8 heteroatoms. The molecular formula is C31H45N3O4S. The summed E-state index contributed by atoms with van der Waals surface area (Å²) < 4.78 is 5.39. The molecule has 2 aromatic carbocycles. The number of unbranched alkanes of at least 4 members (excludes halogenated alkanes) is 4. The fourth-order valence-corrected chi connectivity index (χ4v) is 4.56. The van der Waals surface area contributed by atoms with Gasteiger partial charge in [-0.2, -0.15) is 12.6 Å². The Morgan fingerprint density at radius 2 is 1.59 bits per heavy atom. The monoisotopic (exact) mass is 555 g/mol. The van der Waals surface area contributed by atoms with Gasteiger partial charge in [0.2, 0.25) is 11.8 Å². The number of hydrogen-bond acceptors (Lipinski definition) is 5. The van der Waals surface area contributed by atoms with Crippen molar-refractivity contribution >= 4 is 30.5 Å². The van der Waals surface area contributed by atoms with Crippen molar-refractivity contribution in [2.24, 2.45) is 0 Å². The van der Waals surface area contributed by atoms with Crippen LogP contribution in [0.1, 0.15) is 82.5 Å². The number of amides is 3. The second-order valence-electron chi connectivity index (χ2n) is 10.8. The Morgan fingerprint density at radius 3 is 2.21 bits per heavy atom. The first-order valence-electron chi connectivity index (χ1n) is 13.9. The summed E-state index contributed by atoms with van der Waals surface area (Å²) in [4.78, 5) is 42.0. The number of nitrogens with zero attached hydrogens (tertiary/aromatic N) is 1. The minimum Gasteiger partial charge on any atom is -0.444 e. The van der Waals surface area contributed by atoms with Gasteiger partial charge in [0.1, 0.15) is 17.7 Å². The van der Waals surface area contributed by atoms with E-state index in [1.54, 1.807) is 25.7 Å². The van der Waals surface area contributed by atoms with E-state index in [-0.39, 0.29) is 17.6 Å². The molecule has 0 saturated heterocycles. The van der Waals surface area contributed by atoms with E-state index < -0.39 is 23.8 Å². The molecule has 214 valence electrons. The van der Waals surface area contributed by atoms with Gasteiger partial charge >= 0.3 is 6.09 Å². The summed E-state index contributed by atoms with van der Waals surface area (Å²) in [6.45, 7) is 10.1. The molecule has 3 amide bonds. The molecule has 2 aromatic rings. The van der Waals surface area contributed by atoms with Crippen molar-refractivity contribution in [3.63, 3.8) is 0 Å². The van der Waals surface area contributed by atoms with Crippen LogP contribution in [0.4, 0.5) is 4.79 Å². The fraction of sp³-hybridized carbons (Fsp3) is 0.516. The largest absolute Gasteiger partial charge is 0.444 e. The van der Waals surface area contributed by atoms with E-state index in [0.29, 0.717) is 13.1 Å². The van der Waals surface area contributed by atoms with Gasteiger partial charge in [0.05, 0.1) is 0 Å². The van der Waals surface area contributed by atoms with Crippen molar-refractivity contribution < 1.29 is 19.1 Å². The summed E-state index contributed by atoms with van der Waals surface area (Å²) in [5.74, 6) is -0.573. The van der Waals surface area contributed by atoms with Gasteiger partial charge in [-0.25, -0.2) is 4.79 Å². The van der Waals surface area contributed by atoms with E-state index in [4.69, 9.17) is 4.74 Å². The average Bonchev–Trinajstić information content (AvgIpc) is 2.89. The van der Waals surface area contributed by atoms with Gasteiger partial charge in [0, 0.05) is 18.8 Å². The van der Waals surface area contributed by atoms with Gasteiger partial charge in [0.25, 0.3) is 0 Å². The van der Waals surface area contributed by atoms with Crippen molar-refractivity contribution in [3.05, 3.63) is 71.3 Å². The van der Waals surface area contributed by atoms with Crippen molar-refractivity contribution in [2.75, 3.05) is 12.3 Å². The van der Waals surface area contributed by atoms with E-state index in [9.17, 15) is 14.4 Å². The van der Waals surface area contributed by atoms with Gasteiger partial charge in [0.15, 0.2) is 0 Å². The molecule has 0 aliphatic rings. The molecule has 7 nitrogen and oxygen atoms in total. The number of nitrogens with one attached hydrogen (secondary N) is 2. The van der Waals surface area contributed by atoms with Crippen LogP contribution in [0.15, 0.2) is 54.6 Å². The lowest BCUT2D eigenvalue weighted by Gasteiger charge is -2.35. The second kappa shape index (κ2) is 16.2. The van der Waals surface area contributed by atoms with Gasteiger partial charge in [-0.1, -0.05) is 87.2 Å². The summed E-state index contributed by atoms with van der Waals surface area (Å²) in [5.41, 5.74) is 1.91. The van der Waals surface area contributed by atoms with Gasteiger partial charge in [-0.05, 0) is 50.8 Å². The summed E-state index contributed by atoms with van der Waals surface area (Å²) in [6.07, 6.45) is 4.27. The van der Waals surface area contributed by atoms with Gasteiger partial charge < -0.3 is 20.3 Å². The zero-order valence-electron chi connectivity index (χ0n) is 24.0. The molecule has 0 radical (unpaired) electrons. The number of thiol groups is 1. The number of aryl methyl sites for hydroxylation is 1. The highest BCUT2D eigenvalue weighted by molar-refractivity contribution is 7.80. The third kappa shape index (κ3) is 10.9. The fourth-order valence-electron chi connectivity index (χ4n) is 4.31. The molecule has 0 bridgehead atoms. The molecule has 39 heavy (non-hydrogen) atoms. The van der Waals surface area contributed by atoms with Crippen LogP contribution in [0.5, 0.6) is 0 Å². The number of carbonyl (C=O) groups excluding carboxylic acids is 3. The number of carbonyl (C=O) groups is 3. The molecule has 0 aliphatic carbocycles. The van der Waals surface area contributed by atoms with E-state index in [1.807, 2.05) is 61.5 Å². The van der Waals surface area contributed by atoms with E-state index in [1.165, 1.54) is 0 Å². The van der Waals surface area contributed by atoms with Gasteiger partial charge in [-0.3, -0.25) is 9.59 Å². The molecule has 2 atom stereocenters. The Morgan fingerprint density at radius 1 is 0.949 bits per heavy atom. The Balaban J connectivity index is 2.40. The third-order valence-electron chi connectivity index (χ3n) is 6.31. The zero-order chi connectivity index (χ0) is 28.8. The van der Waals surface area contributed by atoms with Crippen LogP contribution in [0, 0.1) is 6.92 Å². The number of ether oxygens (including phenoxy) is 1. The van der Waals surface area contributed by atoms with Crippen molar-refractivity contribution in [3.8, 4) is 0 Å². The van der Waals surface area contributed by atoms with Crippen LogP contribution in [0.3, 0.4) is 0 Å². The summed E-state index contributed by atoms with van der Waals surface area (Å²) >= 11 is 4.37. The molecule has 0 spiro atoms. The first-order chi connectivity index (χ1) is 18.6. The van der Waals surface area contributed by atoms with E-state index in [0.717, 1.165) is 48.8 Å². The number of benzene rings is 2. The molecular weight excluding hydrogens is 510 g/mol. The highest BCUT2D eigenvalue weighted by Crippen LogP contribution is 2.26. The topological polar surface area (TPSA) is 87.7 Å². The number of rotatable bonds is 14. The summed E-state index contributed by atoms with van der Waals surface area (Å²) in [6, 6.07) is 15.5. The standard InChI is InChI=1S/C31H45N3O4S/c1-6-7-8-9-15-20-34(29(36)26(22-39)33-30(37)38-31(3,4)5)27(25-19-14-13-16-23(25)2)28(35)32-21-24-17-11-10-12-18-24/h10-14,16-19,26-27,39H,6-9,15,20-22H2,1-5H3,(H,32,35)(H,33,37). The Labute approximate surface area is 239 Å². The molecule has 2 unspecified atom stereocenters. The maximum atomic E-state index is 14.0. The quantitative estimate of drug-likeness (QED) is 0.198. The highest BCUT2D eigenvalue weighted by atomic mass is 32.1. The molecule has 0 aromatic heterocycles. The molecule has 0 saturated carbocycles. The van der Waals surface area contributed by atoms with Crippen LogP contribution in [-0.2, 0) is 20.9 Å². The second-order valence-corrected chi connectivity index (χ2v) is 11.2. The summed E-state index contributed by atoms with van der Waals surface area (Å²) in [5, 5.41) is 5.71. The van der Waals surface area contributed by atoms with Crippen LogP contribution >= 0.6 is 12.6 Å². The average molecular weight is 556 g/mol. The minimum atomic E-state index is -0.952. The lowest BCUT2D eigenvalue weighted by atomic mass is 9.97. The van der Waals surface area contributed by atoms with Gasteiger partial charge in [-0.15, -0.1) is 0 Å². The predicted octanol–water partition coefficient (Wildman–Crippen LogP) is 5.97. The Kier molecular flexibility index (Phi) is 13.4. The molecule has 2 rings (SSSR count). The van der Waals surface area contributed by atoms with Crippen molar-refractivity contribution in [1.29, 1.82) is 0 Å². The maximum absolute atomic E-state index is 14.0. The molecule has 0 fully saturated rings. The SMILES string of the molecule is CCCCCCCN(C(=O)C(CS)NC(=O)OC(C)(C)C)C(C(=O)NCc1ccccc1)c1ccccc1C. The smallest absolute Gasteiger partial charge is 0.408 e. The predicted molar refractivity (Wildman–Crippen MR) is 160 cm³/mol. The summed E-state index contributed by atoms with van der Waals surface area (Å²) in [7, 11) is 0. The minimum absolute atomic E-state index is 0.0660. The first kappa shape index (κ1) is 32.2. The van der Waals surface area contributed by atoms with Crippen molar-refractivity contribution in [1.82, 2.24) is 15.5 Å². The van der Waals surface area contributed by atoms with Crippen LogP contribution in [0.25, 0.3) is 0 Å². The zero-order valence-corrected chi connectivity index (χ0v) is 24.9. The maximum Gasteiger partial charge on any atom is 0.408 e. The normalized spacial score (nSPS) is 12.8. The molecule has 2 N–H and O–H groups in total. The van der Waals surface area contributed by atoms with Crippen LogP contribution in [0.2, 0.25) is 0 Å².